The number of hydrogen-bond acceptors (Lipinski definition) is 5. The molecular formula is C22H21N3O3S. The van der Waals surface area contributed by atoms with Gasteiger partial charge >= 0.3 is 6.03 Å². The molecule has 29 heavy (non-hydrogen) atoms. The normalized spacial score (nSPS) is 14.7. The Morgan fingerprint density at radius 2 is 2.00 bits per heavy atom. The summed E-state index contributed by atoms with van der Waals surface area (Å²) in [6.07, 6.45) is 0. The number of pyridine rings is 1. The third kappa shape index (κ3) is 3.91. The second-order valence-corrected chi connectivity index (χ2v) is 8.10. The molecule has 0 spiro atoms. The van der Waals surface area contributed by atoms with Crippen LogP contribution in [0.4, 0.5) is 4.79 Å². The number of carbonyl (C=O) groups excluding carboxylic acids is 2. The van der Waals surface area contributed by atoms with E-state index in [0.717, 1.165) is 32.8 Å². The molecule has 7 heteroatoms. The van der Waals surface area contributed by atoms with Crippen LogP contribution in [0.3, 0.4) is 0 Å². The molecule has 1 fully saturated rings. The number of ether oxygens (including phenoxy) is 1. The predicted molar refractivity (Wildman–Crippen MR) is 114 cm³/mol. The molecule has 148 valence electrons. The van der Waals surface area contributed by atoms with E-state index in [9.17, 15) is 9.59 Å². The average molecular weight is 407 g/mol. The van der Waals surface area contributed by atoms with E-state index in [2.05, 4.69) is 17.4 Å². The molecule has 2 heterocycles. The van der Waals surface area contributed by atoms with Gasteiger partial charge in [0.25, 0.3) is 0 Å². The minimum absolute atomic E-state index is 0.209. The van der Waals surface area contributed by atoms with Crippen LogP contribution in [-0.2, 0) is 4.79 Å². The molecule has 2 aromatic carbocycles. The maximum absolute atomic E-state index is 12.7. The van der Waals surface area contributed by atoms with Crippen molar-refractivity contribution in [3.05, 3.63) is 54.6 Å². The Balaban J connectivity index is 1.72. The van der Waals surface area contributed by atoms with Crippen LogP contribution in [0.5, 0.6) is 5.75 Å². The third-order valence-corrected chi connectivity index (χ3v) is 5.85. The summed E-state index contributed by atoms with van der Waals surface area (Å²) in [5.41, 5.74) is 2.91. The Kier molecular flexibility index (Phi) is 5.40. The molecule has 1 aliphatic heterocycles. The lowest BCUT2D eigenvalue weighted by Gasteiger charge is -2.18. The Labute approximate surface area is 173 Å². The molecule has 0 unspecified atom stereocenters. The number of carbonyl (C=O) groups is 2. The van der Waals surface area contributed by atoms with Crippen molar-refractivity contribution in [2.75, 3.05) is 20.2 Å². The maximum Gasteiger partial charge on any atom is 0.324 e. The first-order chi connectivity index (χ1) is 14.1. The molecule has 3 amide bonds. The lowest BCUT2D eigenvalue weighted by atomic mass is 10.0. The molecule has 1 atom stereocenters. The van der Waals surface area contributed by atoms with E-state index in [4.69, 9.17) is 9.72 Å². The summed E-state index contributed by atoms with van der Waals surface area (Å²) in [5, 5.41) is 3.97. The number of methoxy groups -OCH3 is 1. The van der Waals surface area contributed by atoms with E-state index in [1.807, 2.05) is 42.5 Å². The van der Waals surface area contributed by atoms with Crippen molar-refractivity contribution in [1.29, 1.82) is 0 Å². The van der Waals surface area contributed by atoms with Gasteiger partial charge in [0.15, 0.2) is 0 Å². The standard InChI is InChI=1S/C22H21N3O3S/c1-14(21(26)25-11-10-23-22(25)27)29-20-13-18(15-6-4-3-5-7-15)17-9-8-16(28-2)12-19(17)24-20/h3-9,12-14H,10-11H2,1-2H3,(H,23,27)/t14-/m1/s1. The number of hydrogen-bond donors (Lipinski definition) is 1. The highest BCUT2D eigenvalue weighted by atomic mass is 32.2. The van der Waals surface area contributed by atoms with Gasteiger partial charge in [0.2, 0.25) is 5.91 Å². The van der Waals surface area contributed by atoms with Crippen LogP contribution < -0.4 is 10.1 Å². The van der Waals surface area contributed by atoms with Gasteiger partial charge in [-0.15, -0.1) is 0 Å². The molecule has 0 radical (unpaired) electrons. The van der Waals surface area contributed by atoms with Crippen LogP contribution in [0, 0.1) is 0 Å². The summed E-state index contributed by atoms with van der Waals surface area (Å²) in [7, 11) is 1.62. The van der Waals surface area contributed by atoms with Gasteiger partial charge in [-0.05, 0) is 36.2 Å². The third-order valence-electron chi connectivity index (χ3n) is 4.85. The second-order valence-electron chi connectivity index (χ2n) is 6.74. The van der Waals surface area contributed by atoms with E-state index in [0.29, 0.717) is 13.1 Å². The second kappa shape index (κ2) is 8.13. The number of rotatable bonds is 5. The van der Waals surface area contributed by atoms with Gasteiger partial charge in [-0.2, -0.15) is 0 Å². The van der Waals surface area contributed by atoms with Gasteiger partial charge in [0, 0.05) is 24.5 Å². The van der Waals surface area contributed by atoms with Crippen molar-refractivity contribution >= 4 is 34.6 Å². The number of imide groups is 1. The molecule has 1 saturated heterocycles. The van der Waals surface area contributed by atoms with Crippen molar-refractivity contribution < 1.29 is 14.3 Å². The highest BCUT2D eigenvalue weighted by Gasteiger charge is 2.30. The van der Waals surface area contributed by atoms with Crippen LogP contribution in [0.25, 0.3) is 22.0 Å². The van der Waals surface area contributed by atoms with Crippen molar-refractivity contribution in [3.8, 4) is 16.9 Å². The number of fused-ring (bicyclic) bond motifs is 1. The minimum Gasteiger partial charge on any atom is -0.497 e. The van der Waals surface area contributed by atoms with Crippen LogP contribution in [0.1, 0.15) is 6.92 Å². The van der Waals surface area contributed by atoms with Crippen molar-refractivity contribution in [2.45, 2.75) is 17.2 Å². The zero-order valence-corrected chi connectivity index (χ0v) is 17.0. The lowest BCUT2D eigenvalue weighted by molar-refractivity contribution is -0.126. The Hall–Kier alpha value is -3.06. The van der Waals surface area contributed by atoms with Gasteiger partial charge < -0.3 is 10.1 Å². The number of nitrogens with one attached hydrogen (secondary N) is 1. The van der Waals surface area contributed by atoms with Gasteiger partial charge in [-0.25, -0.2) is 9.78 Å². The Morgan fingerprint density at radius 3 is 2.69 bits per heavy atom. The topological polar surface area (TPSA) is 71.5 Å². The molecular weight excluding hydrogens is 386 g/mol. The van der Waals surface area contributed by atoms with Gasteiger partial charge in [0.1, 0.15) is 5.75 Å². The van der Waals surface area contributed by atoms with Gasteiger partial charge in [-0.3, -0.25) is 9.69 Å². The summed E-state index contributed by atoms with van der Waals surface area (Å²) in [5.74, 6) is 0.517. The number of nitrogens with zero attached hydrogens (tertiary/aromatic N) is 2. The Morgan fingerprint density at radius 1 is 1.21 bits per heavy atom. The van der Waals surface area contributed by atoms with E-state index in [1.165, 1.54) is 16.7 Å². The van der Waals surface area contributed by atoms with Crippen LogP contribution in [0.2, 0.25) is 0 Å². The van der Waals surface area contributed by atoms with Crippen molar-refractivity contribution in [2.24, 2.45) is 0 Å². The maximum atomic E-state index is 12.7. The largest absolute Gasteiger partial charge is 0.497 e. The monoisotopic (exact) mass is 407 g/mol. The first-order valence-electron chi connectivity index (χ1n) is 9.37. The number of urea groups is 1. The number of benzene rings is 2. The predicted octanol–water partition coefficient (Wildman–Crippen LogP) is 3.94. The van der Waals surface area contributed by atoms with Crippen LogP contribution in [0.15, 0.2) is 59.6 Å². The quantitative estimate of drug-likeness (QED) is 0.649. The van der Waals surface area contributed by atoms with E-state index >= 15 is 0 Å². The highest BCUT2D eigenvalue weighted by molar-refractivity contribution is 8.00. The molecule has 0 bridgehead atoms. The fraction of sp³-hybridized carbons (Fsp3) is 0.227. The minimum atomic E-state index is -0.432. The molecule has 1 aliphatic rings. The van der Waals surface area contributed by atoms with E-state index in [1.54, 1.807) is 14.0 Å². The summed E-state index contributed by atoms with van der Waals surface area (Å²) >= 11 is 1.35. The molecule has 3 aromatic rings. The summed E-state index contributed by atoms with van der Waals surface area (Å²) in [6, 6.07) is 17.6. The fourth-order valence-corrected chi connectivity index (χ4v) is 4.29. The summed E-state index contributed by atoms with van der Waals surface area (Å²) in [4.78, 5) is 30.5. The van der Waals surface area contributed by atoms with Gasteiger partial charge in [-0.1, -0.05) is 42.1 Å². The number of thioether (sulfide) groups is 1. The molecule has 1 aromatic heterocycles. The Bertz CT molecular complexity index is 1070. The fourth-order valence-electron chi connectivity index (χ4n) is 3.36. The first-order valence-corrected chi connectivity index (χ1v) is 10.2. The SMILES string of the molecule is COc1ccc2c(-c3ccccc3)cc(S[C@H](C)C(=O)N3CCNC3=O)nc2c1. The molecule has 6 nitrogen and oxygen atoms in total. The molecule has 0 aliphatic carbocycles. The van der Waals surface area contributed by atoms with Crippen molar-refractivity contribution in [1.82, 2.24) is 15.2 Å². The number of amides is 3. The lowest BCUT2D eigenvalue weighted by Crippen LogP contribution is -2.38. The zero-order chi connectivity index (χ0) is 20.4. The van der Waals surface area contributed by atoms with Crippen molar-refractivity contribution in [3.63, 3.8) is 0 Å². The van der Waals surface area contributed by atoms with Crippen LogP contribution >= 0.6 is 11.8 Å². The molecule has 4 rings (SSSR count). The molecule has 0 saturated carbocycles. The zero-order valence-electron chi connectivity index (χ0n) is 16.2. The van der Waals surface area contributed by atoms with Gasteiger partial charge in [0.05, 0.1) is 22.9 Å². The van der Waals surface area contributed by atoms with Crippen LogP contribution in [-0.4, -0.2) is 47.3 Å². The first kappa shape index (κ1) is 19.3. The number of aromatic nitrogens is 1. The smallest absolute Gasteiger partial charge is 0.324 e. The summed E-state index contributed by atoms with van der Waals surface area (Å²) in [6.45, 7) is 2.70. The molecule has 1 N–H and O–H groups in total. The summed E-state index contributed by atoms with van der Waals surface area (Å²) < 4.78 is 5.35. The average Bonchev–Trinajstić information content (AvgIpc) is 3.18. The van der Waals surface area contributed by atoms with E-state index in [-0.39, 0.29) is 11.9 Å². The van der Waals surface area contributed by atoms with E-state index < -0.39 is 5.25 Å². The highest BCUT2D eigenvalue weighted by Crippen LogP contribution is 2.34.